The van der Waals surface area contributed by atoms with E-state index >= 15 is 0 Å². The number of benzene rings is 2. The first-order valence-corrected chi connectivity index (χ1v) is 9.58. The summed E-state index contributed by atoms with van der Waals surface area (Å²) in [4.78, 5) is 4.76. The average Bonchev–Trinajstić information content (AvgIpc) is 3.24. The first kappa shape index (κ1) is 17.0. The Morgan fingerprint density at radius 2 is 2.08 bits per heavy atom. The van der Waals surface area contributed by atoms with Crippen LogP contribution in [0.2, 0.25) is 0 Å². The van der Waals surface area contributed by atoms with Gasteiger partial charge >= 0.3 is 0 Å². The number of nitrogens with zero attached hydrogens (tertiary/aromatic N) is 2. The van der Waals surface area contributed by atoms with Gasteiger partial charge in [-0.3, -0.25) is 0 Å². The Kier molecular flexibility index (Phi) is 4.38. The fourth-order valence-electron chi connectivity index (χ4n) is 3.39. The molecule has 0 fully saturated rings. The van der Waals surface area contributed by atoms with Crippen LogP contribution in [0.15, 0.2) is 36.4 Å². The number of ether oxygens (including phenoxy) is 1. The second kappa shape index (κ2) is 6.70. The number of fused-ring (bicyclic) bond motifs is 1. The van der Waals surface area contributed by atoms with Crippen molar-refractivity contribution < 1.29 is 4.74 Å². The van der Waals surface area contributed by atoms with E-state index in [1.807, 2.05) is 38.1 Å². The van der Waals surface area contributed by atoms with E-state index in [4.69, 9.17) is 21.2 Å². The molecule has 1 heterocycles. The molecule has 0 bridgehead atoms. The lowest BCUT2D eigenvalue weighted by molar-refractivity contribution is 0.244. The molecule has 134 valence electrons. The Morgan fingerprint density at radius 3 is 2.85 bits per heavy atom. The number of hydrogen-bond donors (Lipinski definition) is 2. The van der Waals surface area contributed by atoms with Crippen molar-refractivity contribution >= 4 is 17.2 Å². The van der Waals surface area contributed by atoms with E-state index in [1.165, 1.54) is 22.7 Å². The SMILES string of the molecule is CC(C)Oc1ccc(-c2nc(-c3cccc4c3CC[C@@H]4N)ns2)cc1N. The summed E-state index contributed by atoms with van der Waals surface area (Å²) in [5, 5.41) is 0.850. The second-order valence-electron chi connectivity index (χ2n) is 6.86. The van der Waals surface area contributed by atoms with Gasteiger partial charge in [0.2, 0.25) is 0 Å². The van der Waals surface area contributed by atoms with Crippen LogP contribution in [-0.4, -0.2) is 15.5 Å². The van der Waals surface area contributed by atoms with Gasteiger partial charge in [0, 0.05) is 17.2 Å². The molecular weight excluding hydrogens is 344 g/mol. The van der Waals surface area contributed by atoms with Gasteiger partial charge in [-0.25, -0.2) is 4.98 Å². The Hall–Kier alpha value is -2.44. The zero-order valence-electron chi connectivity index (χ0n) is 14.9. The Bertz CT molecular complexity index is 951. The van der Waals surface area contributed by atoms with Crippen LogP contribution in [0.25, 0.3) is 22.0 Å². The monoisotopic (exact) mass is 366 g/mol. The van der Waals surface area contributed by atoms with Crippen molar-refractivity contribution in [1.29, 1.82) is 0 Å². The van der Waals surface area contributed by atoms with Gasteiger partial charge in [0.15, 0.2) is 5.82 Å². The molecule has 26 heavy (non-hydrogen) atoms. The van der Waals surface area contributed by atoms with Crippen LogP contribution < -0.4 is 16.2 Å². The molecule has 4 N–H and O–H groups in total. The van der Waals surface area contributed by atoms with Crippen LogP contribution in [-0.2, 0) is 6.42 Å². The molecule has 6 heteroatoms. The fourth-order valence-corrected chi connectivity index (χ4v) is 4.06. The van der Waals surface area contributed by atoms with Gasteiger partial charge in [0.1, 0.15) is 10.8 Å². The summed E-state index contributed by atoms with van der Waals surface area (Å²) in [5.41, 5.74) is 17.5. The number of hydrogen-bond acceptors (Lipinski definition) is 6. The van der Waals surface area contributed by atoms with E-state index in [0.29, 0.717) is 11.4 Å². The molecule has 3 aromatic rings. The van der Waals surface area contributed by atoms with Crippen molar-refractivity contribution in [3.8, 4) is 27.7 Å². The Labute approximate surface area is 157 Å². The molecule has 0 unspecified atom stereocenters. The molecule has 0 radical (unpaired) electrons. The average molecular weight is 366 g/mol. The fraction of sp³-hybridized carbons (Fsp3) is 0.300. The molecule has 0 spiro atoms. The summed E-state index contributed by atoms with van der Waals surface area (Å²) in [6, 6.07) is 12.1. The first-order chi connectivity index (χ1) is 12.5. The van der Waals surface area contributed by atoms with Crippen LogP contribution in [0, 0.1) is 0 Å². The van der Waals surface area contributed by atoms with E-state index < -0.39 is 0 Å². The summed E-state index contributed by atoms with van der Waals surface area (Å²) in [6.45, 7) is 3.96. The van der Waals surface area contributed by atoms with E-state index in [0.717, 1.165) is 34.8 Å². The Morgan fingerprint density at radius 1 is 1.23 bits per heavy atom. The highest BCUT2D eigenvalue weighted by atomic mass is 32.1. The van der Waals surface area contributed by atoms with E-state index in [1.54, 1.807) is 0 Å². The van der Waals surface area contributed by atoms with E-state index in [-0.39, 0.29) is 12.1 Å². The number of nitrogen functional groups attached to an aromatic ring is 1. The largest absolute Gasteiger partial charge is 0.489 e. The Balaban J connectivity index is 1.67. The minimum absolute atomic E-state index is 0.0860. The number of aromatic nitrogens is 2. The maximum Gasteiger partial charge on any atom is 0.173 e. The lowest BCUT2D eigenvalue weighted by Gasteiger charge is -2.12. The highest BCUT2D eigenvalue weighted by molar-refractivity contribution is 7.09. The standard InChI is InChI=1S/C20H22N4OS/c1-11(2)25-18-9-6-12(10-17(18)22)20-23-19(24-26-20)15-5-3-4-14-13(15)7-8-16(14)21/h3-6,9-11,16H,7-8,21-22H2,1-2H3/t16-/m0/s1. The maximum atomic E-state index is 6.19. The minimum Gasteiger partial charge on any atom is -0.489 e. The summed E-state index contributed by atoms with van der Waals surface area (Å²) in [7, 11) is 0. The smallest absolute Gasteiger partial charge is 0.173 e. The summed E-state index contributed by atoms with van der Waals surface area (Å²) in [6.07, 6.45) is 2.05. The van der Waals surface area contributed by atoms with E-state index in [2.05, 4.69) is 16.5 Å². The van der Waals surface area contributed by atoms with Crippen molar-refractivity contribution in [3.05, 3.63) is 47.5 Å². The zero-order chi connectivity index (χ0) is 18.3. The molecule has 0 aliphatic heterocycles. The van der Waals surface area contributed by atoms with Gasteiger partial charge < -0.3 is 16.2 Å². The first-order valence-electron chi connectivity index (χ1n) is 8.81. The minimum atomic E-state index is 0.0860. The van der Waals surface area contributed by atoms with Gasteiger partial charge in [-0.1, -0.05) is 18.2 Å². The topological polar surface area (TPSA) is 87.0 Å². The molecule has 4 rings (SSSR count). The number of rotatable bonds is 4. The second-order valence-corrected chi connectivity index (χ2v) is 7.61. The zero-order valence-corrected chi connectivity index (χ0v) is 15.7. The van der Waals surface area contributed by atoms with E-state index in [9.17, 15) is 0 Å². The molecule has 1 aromatic heterocycles. The van der Waals surface area contributed by atoms with Crippen LogP contribution in [0.5, 0.6) is 5.75 Å². The van der Waals surface area contributed by atoms with Crippen molar-refractivity contribution in [2.24, 2.45) is 5.73 Å². The molecular formula is C20H22N4OS. The van der Waals surface area contributed by atoms with Gasteiger partial charge in [-0.15, -0.1) is 0 Å². The van der Waals surface area contributed by atoms with Crippen molar-refractivity contribution in [3.63, 3.8) is 0 Å². The molecule has 1 aliphatic carbocycles. The normalized spacial score (nSPS) is 16.1. The quantitative estimate of drug-likeness (QED) is 0.676. The van der Waals surface area contributed by atoms with Crippen LogP contribution >= 0.6 is 11.5 Å². The van der Waals surface area contributed by atoms with Crippen molar-refractivity contribution in [1.82, 2.24) is 9.36 Å². The van der Waals surface area contributed by atoms with Gasteiger partial charge in [0.25, 0.3) is 0 Å². The molecule has 5 nitrogen and oxygen atoms in total. The number of anilines is 1. The van der Waals surface area contributed by atoms with Crippen LogP contribution in [0.3, 0.4) is 0 Å². The molecule has 1 aliphatic rings. The van der Waals surface area contributed by atoms with Crippen molar-refractivity contribution in [2.75, 3.05) is 5.73 Å². The maximum absolute atomic E-state index is 6.19. The number of nitrogens with two attached hydrogens (primary N) is 2. The third-order valence-corrected chi connectivity index (χ3v) is 5.37. The predicted octanol–water partition coefficient (Wildman–Crippen LogP) is 4.19. The van der Waals surface area contributed by atoms with Crippen LogP contribution in [0.4, 0.5) is 5.69 Å². The molecule has 0 saturated carbocycles. The predicted molar refractivity (Wildman–Crippen MR) is 106 cm³/mol. The molecule has 0 amide bonds. The summed E-state index contributed by atoms with van der Waals surface area (Å²) < 4.78 is 10.3. The van der Waals surface area contributed by atoms with Gasteiger partial charge in [0.05, 0.1) is 11.8 Å². The van der Waals surface area contributed by atoms with Crippen molar-refractivity contribution in [2.45, 2.75) is 38.8 Å². The van der Waals surface area contributed by atoms with Crippen LogP contribution in [0.1, 0.15) is 37.4 Å². The molecule has 1 atom stereocenters. The third-order valence-electron chi connectivity index (χ3n) is 4.60. The molecule has 2 aromatic carbocycles. The van der Waals surface area contributed by atoms with Gasteiger partial charge in [-0.2, -0.15) is 4.37 Å². The highest BCUT2D eigenvalue weighted by Gasteiger charge is 2.23. The van der Waals surface area contributed by atoms with Gasteiger partial charge in [-0.05, 0) is 67.5 Å². The summed E-state index contributed by atoms with van der Waals surface area (Å²) >= 11 is 1.38. The highest BCUT2D eigenvalue weighted by Crippen LogP contribution is 2.37. The summed E-state index contributed by atoms with van der Waals surface area (Å²) in [5.74, 6) is 1.46. The lowest BCUT2D eigenvalue weighted by Crippen LogP contribution is -2.07. The third kappa shape index (κ3) is 3.06. The molecule has 0 saturated heterocycles. The lowest BCUT2D eigenvalue weighted by atomic mass is 10.0.